The summed E-state index contributed by atoms with van der Waals surface area (Å²) in [4.78, 5) is 29.3. The summed E-state index contributed by atoms with van der Waals surface area (Å²) >= 11 is 0. The van der Waals surface area contributed by atoms with Crippen LogP contribution in [0.2, 0.25) is 0 Å². The zero-order valence-corrected chi connectivity index (χ0v) is 16.5. The lowest BCUT2D eigenvalue weighted by Gasteiger charge is -2.44. The molecule has 1 aromatic rings. The zero-order valence-electron chi connectivity index (χ0n) is 15.7. The number of likely N-dealkylation sites (tertiary alicyclic amines) is 2. The van der Waals surface area contributed by atoms with Crippen LogP contribution in [0.3, 0.4) is 0 Å². The predicted molar refractivity (Wildman–Crippen MR) is 105 cm³/mol. The first kappa shape index (κ1) is 20.7. The van der Waals surface area contributed by atoms with Gasteiger partial charge in [0.25, 0.3) is 5.91 Å². The van der Waals surface area contributed by atoms with Gasteiger partial charge in [-0.05, 0) is 36.8 Å². The Kier molecular flexibility index (Phi) is 6.69. The number of benzene rings is 1. The van der Waals surface area contributed by atoms with Crippen molar-refractivity contribution in [2.24, 2.45) is 17.1 Å². The number of piperidine rings is 2. The highest BCUT2D eigenvalue weighted by molar-refractivity contribution is 5.94. The van der Waals surface area contributed by atoms with Crippen LogP contribution in [-0.2, 0) is 4.79 Å². The summed E-state index contributed by atoms with van der Waals surface area (Å²) in [7, 11) is 0. The normalized spacial score (nSPS) is 23.3. The van der Waals surface area contributed by atoms with Crippen molar-refractivity contribution in [1.29, 1.82) is 0 Å². The highest BCUT2D eigenvalue weighted by Crippen LogP contribution is 2.30. The van der Waals surface area contributed by atoms with Crippen LogP contribution < -0.4 is 5.73 Å². The lowest BCUT2D eigenvalue weighted by Crippen LogP contribution is -2.55. The Bertz CT molecular complexity index is 627. The van der Waals surface area contributed by atoms with Crippen molar-refractivity contribution in [2.75, 3.05) is 26.2 Å². The minimum atomic E-state index is -0.0299. The molecule has 2 N–H and O–H groups in total. The monoisotopic (exact) mass is 379 g/mol. The molecule has 2 aliphatic rings. The second-order valence-corrected chi connectivity index (χ2v) is 8.08. The Balaban J connectivity index is 0.00000243. The fraction of sp³-hybridized carbons (Fsp3) is 0.600. The van der Waals surface area contributed by atoms with Gasteiger partial charge in [0.1, 0.15) is 0 Å². The molecule has 2 amide bonds. The van der Waals surface area contributed by atoms with Crippen molar-refractivity contribution >= 4 is 24.2 Å². The van der Waals surface area contributed by atoms with Crippen LogP contribution in [0.5, 0.6) is 0 Å². The number of nitrogens with zero attached hydrogens (tertiary/aromatic N) is 2. The van der Waals surface area contributed by atoms with E-state index in [1.807, 2.05) is 40.1 Å². The molecule has 0 bridgehead atoms. The lowest BCUT2D eigenvalue weighted by atomic mass is 9.79. The van der Waals surface area contributed by atoms with Crippen LogP contribution in [0.4, 0.5) is 0 Å². The van der Waals surface area contributed by atoms with Gasteiger partial charge >= 0.3 is 0 Å². The van der Waals surface area contributed by atoms with Crippen molar-refractivity contribution < 1.29 is 9.59 Å². The van der Waals surface area contributed by atoms with Crippen molar-refractivity contribution in [3.8, 4) is 0 Å². The van der Waals surface area contributed by atoms with Gasteiger partial charge in [0.15, 0.2) is 0 Å². The number of hydrogen-bond acceptors (Lipinski definition) is 3. The lowest BCUT2D eigenvalue weighted by molar-refractivity contribution is -0.140. The van der Waals surface area contributed by atoms with E-state index in [0.717, 1.165) is 37.9 Å². The van der Waals surface area contributed by atoms with E-state index in [9.17, 15) is 9.59 Å². The molecule has 0 aromatic heterocycles. The van der Waals surface area contributed by atoms with Gasteiger partial charge in [-0.3, -0.25) is 9.59 Å². The van der Waals surface area contributed by atoms with E-state index in [1.165, 1.54) is 0 Å². The van der Waals surface area contributed by atoms with Crippen LogP contribution >= 0.6 is 12.4 Å². The molecule has 1 atom stereocenters. The van der Waals surface area contributed by atoms with Crippen LogP contribution in [0.25, 0.3) is 0 Å². The van der Waals surface area contributed by atoms with Crippen molar-refractivity contribution in [3.63, 3.8) is 0 Å². The van der Waals surface area contributed by atoms with Crippen molar-refractivity contribution in [2.45, 2.75) is 39.2 Å². The first-order chi connectivity index (χ1) is 11.9. The first-order valence-electron chi connectivity index (χ1n) is 9.27. The molecule has 0 radical (unpaired) electrons. The van der Waals surface area contributed by atoms with E-state index >= 15 is 0 Å². The maximum Gasteiger partial charge on any atom is 0.253 e. The summed E-state index contributed by atoms with van der Waals surface area (Å²) < 4.78 is 0. The molecule has 144 valence electrons. The van der Waals surface area contributed by atoms with Gasteiger partial charge in [-0.15, -0.1) is 12.4 Å². The molecule has 5 nitrogen and oxygen atoms in total. The minimum Gasteiger partial charge on any atom is -0.342 e. The van der Waals surface area contributed by atoms with E-state index in [-0.39, 0.29) is 41.6 Å². The average molecular weight is 380 g/mol. The summed E-state index contributed by atoms with van der Waals surface area (Å²) in [5, 5.41) is 0. The zero-order chi connectivity index (χ0) is 18.0. The fourth-order valence-electron chi connectivity index (χ4n) is 3.91. The second kappa shape index (κ2) is 8.40. The largest absolute Gasteiger partial charge is 0.342 e. The van der Waals surface area contributed by atoms with Crippen LogP contribution in [0.15, 0.2) is 30.3 Å². The van der Waals surface area contributed by atoms with Crippen molar-refractivity contribution in [3.05, 3.63) is 35.9 Å². The molecule has 0 spiro atoms. The third-order valence-electron chi connectivity index (χ3n) is 5.78. The number of halogens is 1. The van der Waals surface area contributed by atoms with E-state index in [2.05, 4.69) is 13.8 Å². The predicted octanol–water partition coefficient (Wildman–Crippen LogP) is 2.55. The van der Waals surface area contributed by atoms with Crippen molar-refractivity contribution in [1.82, 2.24) is 9.80 Å². The van der Waals surface area contributed by atoms with E-state index in [1.54, 1.807) is 0 Å². The van der Waals surface area contributed by atoms with Gasteiger partial charge in [0, 0.05) is 43.7 Å². The Morgan fingerprint density at radius 1 is 1.00 bits per heavy atom. The highest BCUT2D eigenvalue weighted by atomic mass is 35.5. The number of amides is 2. The molecular weight excluding hydrogens is 350 g/mol. The molecule has 0 saturated carbocycles. The van der Waals surface area contributed by atoms with Crippen LogP contribution in [0.1, 0.15) is 43.5 Å². The number of nitrogens with two attached hydrogens (primary N) is 1. The number of carbonyl (C=O) groups is 2. The molecule has 2 aliphatic heterocycles. The third-order valence-corrected chi connectivity index (χ3v) is 5.78. The molecule has 3 rings (SSSR count). The number of rotatable bonds is 2. The Hall–Kier alpha value is -1.59. The van der Waals surface area contributed by atoms with Gasteiger partial charge in [-0.1, -0.05) is 32.0 Å². The maximum atomic E-state index is 12.9. The van der Waals surface area contributed by atoms with E-state index in [4.69, 9.17) is 5.73 Å². The summed E-state index contributed by atoms with van der Waals surface area (Å²) in [6, 6.07) is 9.52. The summed E-state index contributed by atoms with van der Waals surface area (Å²) in [5.41, 5.74) is 6.87. The molecule has 0 aliphatic carbocycles. The van der Waals surface area contributed by atoms with E-state index in [0.29, 0.717) is 13.1 Å². The smallest absolute Gasteiger partial charge is 0.253 e. The van der Waals surface area contributed by atoms with Gasteiger partial charge < -0.3 is 15.5 Å². The molecule has 2 fully saturated rings. The Morgan fingerprint density at radius 3 is 2.15 bits per heavy atom. The van der Waals surface area contributed by atoms with Gasteiger partial charge in [-0.2, -0.15) is 0 Å². The summed E-state index contributed by atoms with van der Waals surface area (Å²) in [6.45, 7) is 7.07. The highest BCUT2D eigenvalue weighted by Gasteiger charge is 2.38. The summed E-state index contributed by atoms with van der Waals surface area (Å²) in [6.07, 6.45) is 2.37. The molecule has 6 heteroatoms. The minimum absolute atomic E-state index is 0. The maximum absolute atomic E-state index is 12.9. The Labute approximate surface area is 162 Å². The van der Waals surface area contributed by atoms with Gasteiger partial charge in [-0.25, -0.2) is 0 Å². The van der Waals surface area contributed by atoms with E-state index < -0.39 is 0 Å². The van der Waals surface area contributed by atoms with Crippen LogP contribution in [-0.4, -0.2) is 53.8 Å². The second-order valence-electron chi connectivity index (χ2n) is 8.08. The topological polar surface area (TPSA) is 66.6 Å². The molecule has 2 heterocycles. The SMILES string of the molecule is CC1(C)CN(C(=O)C2CCN(C(=O)c3ccccc3)CC2)CCC1N.Cl. The van der Waals surface area contributed by atoms with Crippen LogP contribution in [0, 0.1) is 11.3 Å². The number of carbonyl (C=O) groups excluding carboxylic acids is 2. The van der Waals surface area contributed by atoms with Gasteiger partial charge in [0.2, 0.25) is 5.91 Å². The fourth-order valence-corrected chi connectivity index (χ4v) is 3.91. The molecule has 1 unspecified atom stereocenters. The third kappa shape index (κ3) is 4.38. The molecule has 1 aromatic carbocycles. The summed E-state index contributed by atoms with van der Waals surface area (Å²) in [5.74, 6) is 0.341. The van der Waals surface area contributed by atoms with Gasteiger partial charge in [0.05, 0.1) is 0 Å². The average Bonchev–Trinajstić information content (AvgIpc) is 2.63. The first-order valence-corrected chi connectivity index (χ1v) is 9.27. The Morgan fingerprint density at radius 2 is 1.58 bits per heavy atom. The standard InChI is InChI=1S/C20H29N3O2.ClH/c1-20(2)14-23(13-10-17(20)21)19(25)16-8-11-22(12-9-16)18(24)15-6-4-3-5-7-15;/h3-7,16-17H,8-14,21H2,1-2H3;1H. The molecular formula is C20H30ClN3O2. The number of hydrogen-bond donors (Lipinski definition) is 1. The molecule has 26 heavy (non-hydrogen) atoms. The molecule has 2 saturated heterocycles. The quantitative estimate of drug-likeness (QED) is 0.858.